The fourth-order valence-electron chi connectivity index (χ4n) is 1.80. The van der Waals surface area contributed by atoms with Crippen LogP contribution in [0.25, 0.3) is 0 Å². The van der Waals surface area contributed by atoms with Gasteiger partial charge < -0.3 is 10.5 Å². The summed E-state index contributed by atoms with van der Waals surface area (Å²) >= 11 is 3.44. The van der Waals surface area contributed by atoms with E-state index in [0.717, 1.165) is 29.0 Å². The van der Waals surface area contributed by atoms with Crippen LogP contribution in [-0.4, -0.2) is 23.2 Å². The van der Waals surface area contributed by atoms with E-state index in [2.05, 4.69) is 39.7 Å². The van der Waals surface area contributed by atoms with Crippen molar-refractivity contribution in [3.05, 3.63) is 16.0 Å². The molecule has 4 nitrogen and oxygen atoms in total. The average Bonchev–Trinajstić information content (AvgIpc) is 2.74. The molecular formula is C11H16BrN3O. The van der Waals surface area contributed by atoms with E-state index in [1.165, 1.54) is 0 Å². The lowest BCUT2D eigenvalue weighted by molar-refractivity contribution is 0.193. The summed E-state index contributed by atoms with van der Waals surface area (Å²) in [5.74, 6) is 1.98. The van der Waals surface area contributed by atoms with Gasteiger partial charge in [0.2, 0.25) is 0 Å². The zero-order valence-electron chi connectivity index (χ0n) is 9.53. The molecular weight excluding hydrogens is 270 g/mol. The number of rotatable bonds is 2. The van der Waals surface area contributed by atoms with E-state index in [9.17, 15) is 0 Å². The molecule has 0 aliphatic carbocycles. The molecule has 1 aromatic heterocycles. The molecule has 1 aliphatic heterocycles. The fourth-order valence-corrected chi connectivity index (χ4v) is 2.44. The van der Waals surface area contributed by atoms with Crippen molar-refractivity contribution in [3.63, 3.8) is 0 Å². The zero-order chi connectivity index (χ0) is 11.7. The van der Waals surface area contributed by atoms with Crippen molar-refractivity contribution in [1.82, 2.24) is 9.97 Å². The maximum Gasteiger partial charge on any atom is 0.141 e. The standard InChI is InChI=1S/C11H16BrN3O/c1-6(2)9-8(12)10(13)15-11(14-9)7-3-4-16-5-7/h6-7H,3-5H2,1-2H3,(H2,13,14,15). The Morgan fingerprint density at radius 3 is 2.75 bits per heavy atom. The normalized spacial score (nSPS) is 20.6. The summed E-state index contributed by atoms with van der Waals surface area (Å²) in [7, 11) is 0. The van der Waals surface area contributed by atoms with Gasteiger partial charge in [-0.15, -0.1) is 0 Å². The Kier molecular flexibility index (Phi) is 3.44. The van der Waals surface area contributed by atoms with Crippen LogP contribution in [0.1, 0.15) is 43.6 Å². The number of anilines is 1. The smallest absolute Gasteiger partial charge is 0.141 e. The highest BCUT2D eigenvalue weighted by atomic mass is 79.9. The largest absolute Gasteiger partial charge is 0.383 e. The lowest BCUT2D eigenvalue weighted by Crippen LogP contribution is -2.10. The second-order valence-electron chi connectivity index (χ2n) is 4.38. The third kappa shape index (κ3) is 2.20. The summed E-state index contributed by atoms with van der Waals surface area (Å²) in [4.78, 5) is 8.93. The molecule has 5 heteroatoms. The molecule has 0 aromatic carbocycles. The van der Waals surface area contributed by atoms with Gasteiger partial charge in [-0.3, -0.25) is 0 Å². The summed E-state index contributed by atoms with van der Waals surface area (Å²) in [6.45, 7) is 5.70. The number of hydrogen-bond acceptors (Lipinski definition) is 4. The van der Waals surface area contributed by atoms with Gasteiger partial charge in [0.05, 0.1) is 16.8 Å². The minimum atomic E-state index is 0.299. The second-order valence-corrected chi connectivity index (χ2v) is 5.17. The summed E-state index contributed by atoms with van der Waals surface area (Å²) < 4.78 is 6.17. The Hall–Kier alpha value is -0.680. The maximum atomic E-state index is 5.89. The van der Waals surface area contributed by atoms with E-state index in [-0.39, 0.29) is 0 Å². The van der Waals surface area contributed by atoms with Crippen LogP contribution in [0.5, 0.6) is 0 Å². The fraction of sp³-hybridized carbons (Fsp3) is 0.636. The van der Waals surface area contributed by atoms with E-state index in [1.807, 2.05) is 0 Å². The number of halogens is 1. The first-order valence-electron chi connectivity index (χ1n) is 5.50. The number of aromatic nitrogens is 2. The van der Waals surface area contributed by atoms with E-state index in [0.29, 0.717) is 24.3 Å². The quantitative estimate of drug-likeness (QED) is 0.907. The Bertz CT molecular complexity index is 389. The Morgan fingerprint density at radius 2 is 2.19 bits per heavy atom. The van der Waals surface area contributed by atoms with Gasteiger partial charge in [-0.25, -0.2) is 9.97 Å². The van der Waals surface area contributed by atoms with Crippen molar-refractivity contribution in [1.29, 1.82) is 0 Å². The molecule has 1 aromatic rings. The second kappa shape index (κ2) is 4.67. The first kappa shape index (κ1) is 11.8. The summed E-state index contributed by atoms with van der Waals surface area (Å²) in [6.07, 6.45) is 0.985. The van der Waals surface area contributed by atoms with Crippen molar-refractivity contribution < 1.29 is 4.74 Å². The van der Waals surface area contributed by atoms with Crippen LogP contribution in [0.4, 0.5) is 5.82 Å². The molecule has 1 atom stereocenters. The van der Waals surface area contributed by atoms with Gasteiger partial charge in [-0.2, -0.15) is 0 Å². The third-order valence-electron chi connectivity index (χ3n) is 2.76. The van der Waals surface area contributed by atoms with Crippen molar-refractivity contribution >= 4 is 21.7 Å². The molecule has 2 heterocycles. The molecule has 0 radical (unpaired) electrons. The molecule has 1 unspecified atom stereocenters. The van der Waals surface area contributed by atoms with Crippen LogP contribution >= 0.6 is 15.9 Å². The SMILES string of the molecule is CC(C)c1nc(C2CCOC2)nc(N)c1Br. The van der Waals surface area contributed by atoms with E-state index in [4.69, 9.17) is 10.5 Å². The molecule has 0 bridgehead atoms. The monoisotopic (exact) mass is 285 g/mol. The van der Waals surface area contributed by atoms with Gasteiger partial charge >= 0.3 is 0 Å². The molecule has 2 rings (SSSR count). The minimum absolute atomic E-state index is 0.299. The van der Waals surface area contributed by atoms with Gasteiger partial charge in [0.15, 0.2) is 0 Å². The molecule has 2 N–H and O–H groups in total. The molecule has 1 aliphatic rings. The van der Waals surface area contributed by atoms with E-state index >= 15 is 0 Å². The van der Waals surface area contributed by atoms with Crippen LogP contribution in [-0.2, 0) is 4.74 Å². The predicted octanol–water partition coefficient (Wildman–Crippen LogP) is 2.45. The topological polar surface area (TPSA) is 61.0 Å². The Morgan fingerprint density at radius 1 is 1.44 bits per heavy atom. The lowest BCUT2D eigenvalue weighted by atomic mass is 10.1. The van der Waals surface area contributed by atoms with Crippen molar-refractivity contribution in [2.75, 3.05) is 18.9 Å². The zero-order valence-corrected chi connectivity index (χ0v) is 11.1. The molecule has 88 valence electrons. The van der Waals surface area contributed by atoms with Gasteiger partial charge in [-0.05, 0) is 28.3 Å². The van der Waals surface area contributed by atoms with Gasteiger partial charge in [0, 0.05) is 12.5 Å². The first-order chi connectivity index (χ1) is 7.59. The number of nitrogen functional groups attached to an aromatic ring is 1. The van der Waals surface area contributed by atoms with Gasteiger partial charge in [0.25, 0.3) is 0 Å². The number of nitrogens with zero attached hydrogens (tertiary/aromatic N) is 2. The highest BCUT2D eigenvalue weighted by Gasteiger charge is 2.23. The highest BCUT2D eigenvalue weighted by molar-refractivity contribution is 9.10. The van der Waals surface area contributed by atoms with Crippen molar-refractivity contribution in [2.45, 2.75) is 32.1 Å². The number of ether oxygens (including phenoxy) is 1. The minimum Gasteiger partial charge on any atom is -0.383 e. The maximum absolute atomic E-state index is 5.89. The summed E-state index contributed by atoms with van der Waals surface area (Å²) in [6, 6.07) is 0. The highest BCUT2D eigenvalue weighted by Crippen LogP contribution is 2.30. The van der Waals surface area contributed by atoms with Gasteiger partial charge in [-0.1, -0.05) is 13.8 Å². The summed E-state index contributed by atoms with van der Waals surface area (Å²) in [5, 5.41) is 0. The predicted molar refractivity (Wildman–Crippen MR) is 66.4 cm³/mol. The number of nitrogens with two attached hydrogens (primary N) is 1. The molecule has 1 fully saturated rings. The third-order valence-corrected chi connectivity index (χ3v) is 3.57. The molecule has 0 spiro atoms. The van der Waals surface area contributed by atoms with Crippen LogP contribution < -0.4 is 5.73 Å². The first-order valence-corrected chi connectivity index (χ1v) is 6.29. The number of hydrogen-bond donors (Lipinski definition) is 1. The van der Waals surface area contributed by atoms with Crippen LogP contribution in [0.2, 0.25) is 0 Å². The Labute approximate surface area is 104 Å². The average molecular weight is 286 g/mol. The Balaban J connectivity index is 2.39. The van der Waals surface area contributed by atoms with E-state index in [1.54, 1.807) is 0 Å². The van der Waals surface area contributed by atoms with Crippen LogP contribution in [0.15, 0.2) is 4.47 Å². The summed E-state index contributed by atoms with van der Waals surface area (Å²) in [5.41, 5.74) is 6.87. The lowest BCUT2D eigenvalue weighted by Gasteiger charge is -2.13. The molecule has 0 amide bonds. The van der Waals surface area contributed by atoms with Crippen LogP contribution in [0.3, 0.4) is 0 Å². The van der Waals surface area contributed by atoms with Gasteiger partial charge in [0.1, 0.15) is 11.6 Å². The van der Waals surface area contributed by atoms with Crippen molar-refractivity contribution in [3.8, 4) is 0 Å². The van der Waals surface area contributed by atoms with E-state index < -0.39 is 0 Å². The van der Waals surface area contributed by atoms with Crippen LogP contribution in [0, 0.1) is 0 Å². The molecule has 16 heavy (non-hydrogen) atoms. The molecule has 0 saturated carbocycles. The molecule has 1 saturated heterocycles. The van der Waals surface area contributed by atoms with Crippen molar-refractivity contribution in [2.24, 2.45) is 0 Å².